The Bertz CT molecular complexity index is 1410. The molecule has 2 aromatic carbocycles. The summed E-state index contributed by atoms with van der Waals surface area (Å²) in [6.45, 7) is 8.34. The standard InChI is InChI=1S/C30H36N4O4S/c1-18-9-7-8-10-22(18)34-29-26(28(32-34)30(2,3)4)27(21-15-20(37-5)13-14-23(21)38-6)39-17-25(36)33(29)16-24(35)31-19-11-12-19/h7-10,13-15,19,27H,11-12,16-17H2,1-6H3,(H,31,35). The molecule has 8 nitrogen and oxygen atoms in total. The highest BCUT2D eigenvalue weighted by molar-refractivity contribution is 8.00. The first kappa shape index (κ1) is 27.1. The van der Waals surface area contributed by atoms with Crippen molar-refractivity contribution >= 4 is 29.4 Å². The maximum absolute atomic E-state index is 13.8. The second kappa shape index (κ2) is 10.6. The summed E-state index contributed by atoms with van der Waals surface area (Å²) < 4.78 is 13.2. The number of hydrogen-bond donors (Lipinski definition) is 1. The predicted octanol–water partition coefficient (Wildman–Crippen LogP) is 4.94. The van der Waals surface area contributed by atoms with Gasteiger partial charge in [-0.1, -0.05) is 39.0 Å². The molecule has 1 saturated carbocycles. The number of ether oxygens (including phenoxy) is 2. The Morgan fingerprint density at radius 3 is 2.51 bits per heavy atom. The molecule has 0 radical (unpaired) electrons. The zero-order chi connectivity index (χ0) is 27.9. The molecule has 0 saturated heterocycles. The van der Waals surface area contributed by atoms with Crippen molar-refractivity contribution in [2.45, 2.75) is 57.2 Å². The van der Waals surface area contributed by atoms with Crippen molar-refractivity contribution in [3.05, 3.63) is 64.8 Å². The molecule has 39 heavy (non-hydrogen) atoms. The van der Waals surface area contributed by atoms with E-state index in [-0.39, 0.29) is 40.8 Å². The number of thioether (sulfide) groups is 1. The molecular weight excluding hydrogens is 512 g/mol. The van der Waals surface area contributed by atoms with Crippen molar-refractivity contribution in [1.29, 1.82) is 0 Å². The molecule has 3 aromatic rings. The van der Waals surface area contributed by atoms with Gasteiger partial charge < -0.3 is 14.8 Å². The number of aromatic nitrogens is 2. The molecule has 1 atom stereocenters. The Hall–Kier alpha value is -3.46. The van der Waals surface area contributed by atoms with Gasteiger partial charge in [0, 0.05) is 22.6 Å². The van der Waals surface area contributed by atoms with Gasteiger partial charge >= 0.3 is 0 Å². The Labute approximate surface area is 234 Å². The first-order chi connectivity index (χ1) is 18.6. The van der Waals surface area contributed by atoms with Gasteiger partial charge in [-0.25, -0.2) is 4.68 Å². The highest BCUT2D eigenvalue weighted by atomic mass is 32.2. The van der Waals surface area contributed by atoms with Crippen LogP contribution < -0.4 is 19.7 Å². The number of fused-ring (bicyclic) bond motifs is 1. The number of benzene rings is 2. The fourth-order valence-electron chi connectivity index (χ4n) is 4.98. The number of carbonyl (C=O) groups excluding carboxylic acids is 2. The van der Waals surface area contributed by atoms with E-state index in [4.69, 9.17) is 14.6 Å². The first-order valence-electron chi connectivity index (χ1n) is 13.2. The van der Waals surface area contributed by atoms with Crippen molar-refractivity contribution in [1.82, 2.24) is 15.1 Å². The Balaban J connectivity index is 1.79. The van der Waals surface area contributed by atoms with Gasteiger partial charge in [0.05, 0.1) is 36.6 Å². The van der Waals surface area contributed by atoms with Gasteiger partial charge in [0.15, 0.2) is 0 Å². The van der Waals surface area contributed by atoms with Gasteiger partial charge in [-0.15, -0.1) is 11.8 Å². The lowest BCUT2D eigenvalue weighted by molar-refractivity contribution is -0.123. The third-order valence-corrected chi connectivity index (χ3v) is 8.34. The van der Waals surface area contributed by atoms with E-state index in [2.05, 4.69) is 26.1 Å². The molecule has 206 valence electrons. The monoisotopic (exact) mass is 548 g/mol. The fourth-order valence-corrected chi connectivity index (χ4v) is 6.19. The third kappa shape index (κ3) is 5.37. The van der Waals surface area contributed by atoms with Gasteiger partial charge in [-0.2, -0.15) is 5.10 Å². The molecule has 5 rings (SSSR count). The SMILES string of the molecule is COc1ccc(OC)c(C2SCC(=O)N(CC(=O)NC3CC3)c3c2c(C(C)(C)C)nn3-c2ccccc2C)c1. The van der Waals surface area contributed by atoms with Crippen LogP contribution in [0.5, 0.6) is 11.5 Å². The van der Waals surface area contributed by atoms with Crippen LogP contribution in [0.3, 0.4) is 0 Å². The lowest BCUT2D eigenvalue weighted by Gasteiger charge is -2.25. The number of nitrogens with zero attached hydrogens (tertiary/aromatic N) is 3. The fraction of sp³-hybridized carbons (Fsp3) is 0.433. The van der Waals surface area contributed by atoms with Gasteiger partial charge in [-0.3, -0.25) is 14.5 Å². The van der Waals surface area contributed by atoms with E-state index in [1.807, 2.05) is 54.1 Å². The number of rotatable bonds is 7. The molecule has 1 unspecified atom stereocenters. The number of aryl methyl sites for hydroxylation is 1. The Kier molecular flexibility index (Phi) is 7.37. The van der Waals surface area contributed by atoms with Crippen molar-refractivity contribution < 1.29 is 19.1 Å². The summed E-state index contributed by atoms with van der Waals surface area (Å²) in [5.41, 5.74) is 4.21. The number of anilines is 1. The van der Waals surface area contributed by atoms with Crippen molar-refractivity contribution in [3.63, 3.8) is 0 Å². The zero-order valence-electron chi connectivity index (χ0n) is 23.4. The summed E-state index contributed by atoms with van der Waals surface area (Å²) in [5, 5.41) is 7.95. The number of amides is 2. The van der Waals surface area contributed by atoms with Gasteiger partial charge in [0.2, 0.25) is 11.8 Å². The second-order valence-electron chi connectivity index (χ2n) is 11.2. The zero-order valence-corrected chi connectivity index (χ0v) is 24.2. The van der Waals surface area contributed by atoms with Crippen LogP contribution in [0.15, 0.2) is 42.5 Å². The van der Waals surface area contributed by atoms with E-state index in [0.717, 1.165) is 40.9 Å². The number of hydrogen-bond acceptors (Lipinski definition) is 6. The van der Waals surface area contributed by atoms with Crippen LogP contribution >= 0.6 is 11.8 Å². The highest BCUT2D eigenvalue weighted by Gasteiger charge is 2.41. The molecule has 2 amide bonds. The molecule has 0 spiro atoms. The second-order valence-corrected chi connectivity index (χ2v) is 12.2. The predicted molar refractivity (Wildman–Crippen MR) is 154 cm³/mol. The van der Waals surface area contributed by atoms with Crippen molar-refractivity contribution in [3.8, 4) is 17.2 Å². The molecule has 2 aliphatic rings. The Morgan fingerprint density at radius 2 is 1.87 bits per heavy atom. The minimum atomic E-state index is -0.349. The quantitative estimate of drug-likeness (QED) is 0.450. The van der Waals surface area contributed by atoms with Crippen LogP contribution in [-0.2, 0) is 15.0 Å². The van der Waals surface area contributed by atoms with Crippen LogP contribution in [0.2, 0.25) is 0 Å². The van der Waals surface area contributed by atoms with E-state index in [1.54, 1.807) is 19.1 Å². The van der Waals surface area contributed by atoms with Crippen molar-refractivity contribution in [2.75, 3.05) is 31.4 Å². The van der Waals surface area contributed by atoms with Crippen LogP contribution in [-0.4, -0.2) is 54.2 Å². The van der Waals surface area contributed by atoms with Gasteiger partial charge in [0.1, 0.15) is 23.9 Å². The molecule has 1 fully saturated rings. The summed E-state index contributed by atoms with van der Waals surface area (Å²) in [5.74, 6) is 1.95. The molecule has 1 N–H and O–H groups in total. The molecule has 2 heterocycles. The van der Waals surface area contributed by atoms with Crippen LogP contribution in [0.1, 0.15) is 61.2 Å². The number of methoxy groups -OCH3 is 2. The van der Waals surface area contributed by atoms with E-state index in [0.29, 0.717) is 17.3 Å². The molecule has 1 aromatic heterocycles. The molecule has 9 heteroatoms. The maximum atomic E-state index is 13.8. The number of nitrogens with one attached hydrogen (secondary N) is 1. The summed E-state index contributed by atoms with van der Waals surface area (Å²) in [6.07, 6.45) is 1.96. The molecule has 0 bridgehead atoms. The smallest absolute Gasteiger partial charge is 0.240 e. The first-order valence-corrected chi connectivity index (χ1v) is 14.3. The average Bonchev–Trinajstić information content (AvgIpc) is 3.65. The lowest BCUT2D eigenvalue weighted by atomic mass is 9.87. The lowest BCUT2D eigenvalue weighted by Crippen LogP contribution is -2.43. The van der Waals surface area contributed by atoms with Crippen LogP contribution in [0, 0.1) is 6.92 Å². The average molecular weight is 549 g/mol. The van der Waals surface area contributed by atoms with Gasteiger partial charge in [0.25, 0.3) is 0 Å². The van der Waals surface area contributed by atoms with E-state index >= 15 is 0 Å². The largest absolute Gasteiger partial charge is 0.497 e. The normalized spacial score (nSPS) is 17.4. The van der Waals surface area contributed by atoms with E-state index in [9.17, 15) is 9.59 Å². The maximum Gasteiger partial charge on any atom is 0.240 e. The van der Waals surface area contributed by atoms with Crippen LogP contribution in [0.4, 0.5) is 5.82 Å². The van der Waals surface area contributed by atoms with Crippen molar-refractivity contribution in [2.24, 2.45) is 0 Å². The molecule has 1 aliphatic heterocycles. The summed E-state index contributed by atoms with van der Waals surface area (Å²) in [6, 6.07) is 13.9. The minimum absolute atomic E-state index is 0.0635. The highest BCUT2D eigenvalue weighted by Crippen LogP contribution is 2.51. The van der Waals surface area contributed by atoms with Gasteiger partial charge in [-0.05, 0) is 49.6 Å². The number of para-hydroxylation sites is 1. The molecular formula is C30H36N4O4S. The number of carbonyl (C=O) groups is 2. The summed E-state index contributed by atoms with van der Waals surface area (Å²) >= 11 is 1.52. The van der Waals surface area contributed by atoms with E-state index < -0.39 is 0 Å². The summed E-state index contributed by atoms with van der Waals surface area (Å²) in [7, 11) is 3.28. The Morgan fingerprint density at radius 1 is 1.13 bits per heavy atom. The minimum Gasteiger partial charge on any atom is -0.497 e. The third-order valence-electron chi connectivity index (χ3n) is 7.11. The summed E-state index contributed by atoms with van der Waals surface area (Å²) in [4.78, 5) is 28.6. The van der Waals surface area contributed by atoms with E-state index in [1.165, 1.54) is 11.8 Å². The topological polar surface area (TPSA) is 85.7 Å². The van der Waals surface area contributed by atoms with Crippen LogP contribution in [0.25, 0.3) is 5.69 Å². The molecule has 1 aliphatic carbocycles.